The first kappa shape index (κ1) is 13.3. The van der Waals surface area contributed by atoms with Gasteiger partial charge in [-0.25, -0.2) is 0 Å². The number of phenolic OH excluding ortho intramolecular Hbond substituents is 1. The molecule has 17 heavy (non-hydrogen) atoms. The van der Waals surface area contributed by atoms with Crippen molar-refractivity contribution in [3.63, 3.8) is 0 Å². The third-order valence-electron chi connectivity index (χ3n) is 2.68. The molecule has 0 radical (unpaired) electrons. The lowest BCUT2D eigenvalue weighted by atomic mass is 9.84. The minimum absolute atomic E-state index is 0.0828. The number of allylic oxidation sites excluding steroid dienone is 2. The molecule has 0 unspecified atom stereocenters. The van der Waals surface area contributed by atoms with Crippen LogP contribution in [-0.2, 0) is 5.41 Å². The summed E-state index contributed by atoms with van der Waals surface area (Å²) in [6.07, 6.45) is 7.11. The zero-order chi connectivity index (χ0) is 13.1. The predicted octanol–water partition coefficient (Wildman–Crippen LogP) is 4.53. The first-order valence-corrected chi connectivity index (χ1v) is 5.69. The minimum atomic E-state index is -0.0828. The number of aromatic hydroxyl groups is 1. The van der Waals surface area contributed by atoms with Gasteiger partial charge in [-0.1, -0.05) is 70.4 Å². The van der Waals surface area contributed by atoms with Crippen LogP contribution in [0.4, 0.5) is 0 Å². The van der Waals surface area contributed by atoms with Crippen LogP contribution in [0, 0.1) is 0 Å². The van der Waals surface area contributed by atoms with E-state index in [0.717, 1.165) is 16.7 Å². The second-order valence-electron chi connectivity index (χ2n) is 5.01. The maximum absolute atomic E-state index is 10.3. The summed E-state index contributed by atoms with van der Waals surface area (Å²) in [5.41, 5.74) is 2.58. The number of rotatable bonds is 3. The van der Waals surface area contributed by atoms with Gasteiger partial charge in [0.05, 0.1) is 0 Å². The minimum Gasteiger partial charge on any atom is -0.507 e. The molecule has 1 nitrogen and oxygen atoms in total. The van der Waals surface area contributed by atoms with Crippen LogP contribution in [-0.4, -0.2) is 5.11 Å². The van der Waals surface area contributed by atoms with Crippen LogP contribution in [0.1, 0.15) is 37.5 Å². The van der Waals surface area contributed by atoms with Crippen molar-refractivity contribution in [3.05, 3.63) is 54.1 Å². The van der Waals surface area contributed by atoms with Crippen LogP contribution in [0.25, 0.3) is 12.2 Å². The standard InChI is InChI=1S/C16H20O/c1-6-8-9-13-12(7-2)10-11-14(15(13)17)16(3,4)5/h6-11,17H,1-2H2,3-5H3/b9-8-. The van der Waals surface area contributed by atoms with E-state index in [-0.39, 0.29) is 5.41 Å². The Morgan fingerprint density at radius 1 is 1.18 bits per heavy atom. The zero-order valence-corrected chi connectivity index (χ0v) is 10.8. The lowest BCUT2D eigenvalue weighted by Gasteiger charge is -2.22. The molecule has 0 aliphatic carbocycles. The molecule has 0 aromatic heterocycles. The molecule has 0 saturated heterocycles. The largest absolute Gasteiger partial charge is 0.507 e. The highest BCUT2D eigenvalue weighted by Gasteiger charge is 2.20. The summed E-state index contributed by atoms with van der Waals surface area (Å²) >= 11 is 0. The normalized spacial score (nSPS) is 11.7. The van der Waals surface area contributed by atoms with E-state index in [9.17, 15) is 5.11 Å². The van der Waals surface area contributed by atoms with Crippen LogP contribution in [0.15, 0.2) is 37.4 Å². The van der Waals surface area contributed by atoms with E-state index in [1.54, 1.807) is 12.2 Å². The van der Waals surface area contributed by atoms with Crippen molar-refractivity contribution in [2.24, 2.45) is 0 Å². The average molecular weight is 228 g/mol. The van der Waals surface area contributed by atoms with E-state index in [1.165, 1.54) is 0 Å². The van der Waals surface area contributed by atoms with Crippen LogP contribution in [0.5, 0.6) is 5.75 Å². The summed E-state index contributed by atoms with van der Waals surface area (Å²) in [5, 5.41) is 10.3. The summed E-state index contributed by atoms with van der Waals surface area (Å²) in [5.74, 6) is 0.327. The Morgan fingerprint density at radius 2 is 1.82 bits per heavy atom. The second-order valence-corrected chi connectivity index (χ2v) is 5.01. The van der Waals surface area contributed by atoms with E-state index in [1.807, 2.05) is 24.3 Å². The van der Waals surface area contributed by atoms with Crippen molar-refractivity contribution in [1.29, 1.82) is 0 Å². The number of phenols is 1. The smallest absolute Gasteiger partial charge is 0.127 e. The first-order chi connectivity index (χ1) is 7.91. The fourth-order valence-corrected chi connectivity index (χ4v) is 1.75. The molecule has 0 heterocycles. The van der Waals surface area contributed by atoms with Gasteiger partial charge in [-0.3, -0.25) is 0 Å². The Kier molecular flexibility index (Phi) is 3.95. The van der Waals surface area contributed by atoms with Gasteiger partial charge in [-0.05, 0) is 16.5 Å². The van der Waals surface area contributed by atoms with Crippen molar-refractivity contribution in [2.75, 3.05) is 0 Å². The Labute approximate surface area is 104 Å². The van der Waals surface area contributed by atoms with Gasteiger partial charge >= 0.3 is 0 Å². The highest BCUT2D eigenvalue weighted by atomic mass is 16.3. The Morgan fingerprint density at radius 3 is 2.29 bits per heavy atom. The topological polar surface area (TPSA) is 20.2 Å². The summed E-state index contributed by atoms with van der Waals surface area (Å²) in [6, 6.07) is 3.94. The molecule has 1 aromatic rings. The van der Waals surface area contributed by atoms with Crippen LogP contribution in [0.3, 0.4) is 0 Å². The van der Waals surface area contributed by atoms with Crippen molar-refractivity contribution < 1.29 is 5.11 Å². The Bertz CT molecular complexity index is 459. The summed E-state index contributed by atoms with van der Waals surface area (Å²) < 4.78 is 0. The molecule has 1 aromatic carbocycles. The molecule has 1 rings (SSSR count). The number of hydrogen-bond acceptors (Lipinski definition) is 1. The summed E-state index contributed by atoms with van der Waals surface area (Å²) in [4.78, 5) is 0. The van der Waals surface area contributed by atoms with Crippen LogP contribution < -0.4 is 0 Å². The Balaban J connectivity index is 3.47. The van der Waals surface area contributed by atoms with Gasteiger partial charge in [0.25, 0.3) is 0 Å². The van der Waals surface area contributed by atoms with Crippen LogP contribution in [0.2, 0.25) is 0 Å². The lowest BCUT2D eigenvalue weighted by molar-refractivity contribution is 0.445. The van der Waals surface area contributed by atoms with Crippen molar-refractivity contribution in [3.8, 4) is 5.75 Å². The molecule has 90 valence electrons. The molecule has 0 aliphatic rings. The SMILES string of the molecule is C=C/C=C\c1c(C=C)ccc(C(C)(C)C)c1O. The van der Waals surface area contributed by atoms with Gasteiger partial charge in [-0.2, -0.15) is 0 Å². The van der Waals surface area contributed by atoms with Crippen molar-refractivity contribution in [2.45, 2.75) is 26.2 Å². The monoisotopic (exact) mass is 228 g/mol. The van der Waals surface area contributed by atoms with Gasteiger partial charge in [0, 0.05) is 5.56 Å². The molecule has 0 bridgehead atoms. The molecule has 0 aliphatic heterocycles. The van der Waals surface area contributed by atoms with Crippen LogP contribution >= 0.6 is 0 Å². The first-order valence-electron chi connectivity index (χ1n) is 5.69. The van der Waals surface area contributed by atoms with Gasteiger partial charge in [0.15, 0.2) is 0 Å². The molecular formula is C16H20O. The second kappa shape index (κ2) is 5.05. The van der Waals surface area contributed by atoms with Gasteiger partial charge in [0.1, 0.15) is 5.75 Å². The average Bonchev–Trinajstić information content (AvgIpc) is 2.25. The molecular weight excluding hydrogens is 208 g/mol. The molecule has 0 spiro atoms. The maximum atomic E-state index is 10.3. The highest BCUT2D eigenvalue weighted by molar-refractivity contribution is 5.72. The fourth-order valence-electron chi connectivity index (χ4n) is 1.75. The van der Waals surface area contributed by atoms with E-state index in [2.05, 4.69) is 33.9 Å². The van der Waals surface area contributed by atoms with E-state index in [0.29, 0.717) is 5.75 Å². The lowest BCUT2D eigenvalue weighted by Crippen LogP contribution is -2.11. The maximum Gasteiger partial charge on any atom is 0.127 e. The quantitative estimate of drug-likeness (QED) is 0.753. The molecule has 0 fully saturated rings. The fraction of sp³-hybridized carbons (Fsp3) is 0.250. The third-order valence-corrected chi connectivity index (χ3v) is 2.68. The molecule has 0 amide bonds. The molecule has 0 atom stereocenters. The third kappa shape index (κ3) is 2.88. The number of benzene rings is 1. The zero-order valence-electron chi connectivity index (χ0n) is 10.8. The van der Waals surface area contributed by atoms with E-state index >= 15 is 0 Å². The van der Waals surface area contributed by atoms with Gasteiger partial charge in [0.2, 0.25) is 0 Å². The number of hydrogen-bond donors (Lipinski definition) is 1. The summed E-state index contributed by atoms with van der Waals surface area (Å²) in [6.45, 7) is 13.6. The molecule has 1 N–H and O–H groups in total. The highest BCUT2D eigenvalue weighted by Crippen LogP contribution is 2.36. The molecule has 1 heteroatoms. The van der Waals surface area contributed by atoms with Gasteiger partial charge < -0.3 is 5.11 Å². The van der Waals surface area contributed by atoms with Crippen molar-refractivity contribution >= 4 is 12.2 Å². The van der Waals surface area contributed by atoms with E-state index < -0.39 is 0 Å². The molecule has 0 saturated carbocycles. The van der Waals surface area contributed by atoms with E-state index in [4.69, 9.17) is 0 Å². The van der Waals surface area contributed by atoms with Gasteiger partial charge in [-0.15, -0.1) is 0 Å². The summed E-state index contributed by atoms with van der Waals surface area (Å²) in [7, 11) is 0. The Hall–Kier alpha value is -1.76. The predicted molar refractivity (Wildman–Crippen MR) is 76.1 cm³/mol. The van der Waals surface area contributed by atoms with Crippen molar-refractivity contribution in [1.82, 2.24) is 0 Å².